The Morgan fingerprint density at radius 3 is 2.38 bits per heavy atom. The number of hydrogen-bond donors (Lipinski definition) is 2. The number of benzene rings is 2. The van der Waals surface area contributed by atoms with E-state index in [1.165, 1.54) is 6.07 Å². The Kier molecular flexibility index (Phi) is 6.02. The lowest BCUT2D eigenvalue weighted by atomic mass is 9.98. The molecule has 1 amide bonds. The summed E-state index contributed by atoms with van der Waals surface area (Å²) in [5.74, 6) is -1.89. The van der Waals surface area contributed by atoms with Crippen LogP contribution in [0.5, 0.6) is 0 Å². The molecule has 2 N–H and O–H groups in total. The van der Waals surface area contributed by atoms with Gasteiger partial charge in [-0.1, -0.05) is 37.3 Å². The van der Waals surface area contributed by atoms with Crippen LogP contribution in [0.1, 0.15) is 23.6 Å². The van der Waals surface area contributed by atoms with Crippen molar-refractivity contribution in [3.05, 3.63) is 65.2 Å². The first kappa shape index (κ1) is 19.5. The predicted molar refractivity (Wildman–Crippen MR) is 90.7 cm³/mol. The van der Waals surface area contributed by atoms with E-state index in [-0.39, 0.29) is 18.7 Å². The van der Waals surface area contributed by atoms with Gasteiger partial charge >= 0.3 is 12.1 Å². The molecule has 2 aromatic carbocycles. The van der Waals surface area contributed by atoms with Gasteiger partial charge in [0, 0.05) is 11.6 Å². The van der Waals surface area contributed by atoms with Crippen LogP contribution in [0, 0.1) is 5.92 Å². The third-order valence-electron chi connectivity index (χ3n) is 3.79. The molecule has 0 spiro atoms. The van der Waals surface area contributed by atoms with Gasteiger partial charge in [-0.15, -0.1) is 0 Å². The zero-order chi connectivity index (χ0) is 19.3. The topological polar surface area (TPSA) is 66.4 Å². The van der Waals surface area contributed by atoms with Gasteiger partial charge in [0.05, 0.1) is 12.0 Å². The van der Waals surface area contributed by atoms with Crippen molar-refractivity contribution in [2.45, 2.75) is 25.9 Å². The van der Waals surface area contributed by atoms with Crippen molar-refractivity contribution in [1.82, 2.24) is 0 Å². The molecular formula is C19H18F3NO3. The number of carboxylic acids is 1. The monoisotopic (exact) mass is 365 g/mol. The smallest absolute Gasteiger partial charge is 0.416 e. The molecule has 0 fully saturated rings. The van der Waals surface area contributed by atoms with E-state index in [9.17, 15) is 22.8 Å². The molecular weight excluding hydrogens is 347 g/mol. The van der Waals surface area contributed by atoms with Gasteiger partial charge in [0.2, 0.25) is 5.91 Å². The van der Waals surface area contributed by atoms with E-state index in [1.807, 2.05) is 0 Å². The Bertz CT molecular complexity index is 803. The summed E-state index contributed by atoms with van der Waals surface area (Å²) in [6.07, 6.45) is -4.43. The Balaban J connectivity index is 2.03. The van der Waals surface area contributed by atoms with Crippen LogP contribution in [0.25, 0.3) is 0 Å². The number of carboxylic acid groups (broad SMARTS) is 1. The second-order valence-corrected chi connectivity index (χ2v) is 6.06. The van der Waals surface area contributed by atoms with Crippen molar-refractivity contribution < 1.29 is 27.9 Å². The summed E-state index contributed by atoms with van der Waals surface area (Å²) < 4.78 is 38.3. The number of carbonyl (C=O) groups is 2. The second-order valence-electron chi connectivity index (χ2n) is 6.06. The number of alkyl halides is 3. The molecule has 0 radical (unpaired) electrons. The fourth-order valence-corrected chi connectivity index (χ4v) is 2.52. The normalized spacial score (nSPS) is 12.5. The molecule has 1 unspecified atom stereocenters. The summed E-state index contributed by atoms with van der Waals surface area (Å²) in [5, 5.41) is 11.5. The lowest BCUT2D eigenvalue weighted by Crippen LogP contribution is -2.22. The maximum absolute atomic E-state index is 12.8. The lowest BCUT2D eigenvalue weighted by Gasteiger charge is -2.14. The SMILES string of the molecule is CC(Cc1cccc(C(F)(F)F)c1)C(=O)Nc1cccc(CC(=O)O)c1. The highest BCUT2D eigenvalue weighted by Crippen LogP contribution is 2.30. The van der Waals surface area contributed by atoms with Crippen molar-refractivity contribution in [3.8, 4) is 0 Å². The van der Waals surface area contributed by atoms with Gasteiger partial charge in [-0.25, -0.2) is 0 Å². The molecule has 138 valence electrons. The Morgan fingerprint density at radius 1 is 1.08 bits per heavy atom. The molecule has 0 bridgehead atoms. The molecule has 1 atom stereocenters. The van der Waals surface area contributed by atoms with Crippen LogP contribution in [0.3, 0.4) is 0 Å². The number of halogens is 3. The molecule has 2 rings (SSSR count). The average molecular weight is 365 g/mol. The van der Waals surface area contributed by atoms with Gasteiger partial charge < -0.3 is 10.4 Å². The fraction of sp³-hybridized carbons (Fsp3) is 0.263. The molecule has 7 heteroatoms. The predicted octanol–water partition coefficient (Wildman–Crippen LogP) is 4.15. The number of carbonyl (C=O) groups excluding carboxylic acids is 1. The standard InChI is InChI=1S/C19H18F3NO3/c1-12(8-13-4-2-6-15(9-13)19(20,21)22)18(26)23-16-7-3-5-14(10-16)11-17(24)25/h2-7,9-10,12H,8,11H2,1H3,(H,23,26)(H,24,25). The van der Waals surface area contributed by atoms with Gasteiger partial charge in [-0.05, 0) is 35.7 Å². The van der Waals surface area contributed by atoms with Crippen LogP contribution in [-0.4, -0.2) is 17.0 Å². The van der Waals surface area contributed by atoms with Crippen LogP contribution < -0.4 is 5.32 Å². The zero-order valence-corrected chi connectivity index (χ0v) is 14.0. The largest absolute Gasteiger partial charge is 0.481 e. The maximum Gasteiger partial charge on any atom is 0.416 e. The molecule has 26 heavy (non-hydrogen) atoms. The number of rotatable bonds is 6. The minimum atomic E-state index is -4.42. The van der Waals surface area contributed by atoms with Gasteiger partial charge in [0.15, 0.2) is 0 Å². The molecule has 0 saturated heterocycles. The highest BCUT2D eigenvalue weighted by molar-refractivity contribution is 5.92. The number of amides is 1. The first-order chi connectivity index (χ1) is 12.1. The van der Waals surface area contributed by atoms with Gasteiger partial charge in [-0.3, -0.25) is 9.59 Å². The Labute approximate surface area is 148 Å². The van der Waals surface area contributed by atoms with Crippen molar-refractivity contribution in [2.24, 2.45) is 5.92 Å². The number of anilines is 1. The van der Waals surface area contributed by atoms with Crippen LogP contribution in [0.2, 0.25) is 0 Å². The third kappa shape index (κ3) is 5.61. The minimum absolute atomic E-state index is 0.157. The van der Waals surface area contributed by atoms with Crippen LogP contribution in [-0.2, 0) is 28.6 Å². The van der Waals surface area contributed by atoms with Crippen LogP contribution in [0.4, 0.5) is 18.9 Å². The third-order valence-corrected chi connectivity index (χ3v) is 3.79. The van der Waals surface area contributed by atoms with Crippen LogP contribution >= 0.6 is 0 Å². The van der Waals surface area contributed by atoms with Crippen molar-refractivity contribution >= 4 is 17.6 Å². The van der Waals surface area contributed by atoms with E-state index in [0.717, 1.165) is 12.1 Å². The first-order valence-electron chi connectivity index (χ1n) is 7.93. The number of nitrogens with one attached hydrogen (secondary N) is 1. The maximum atomic E-state index is 12.8. The Morgan fingerprint density at radius 2 is 1.73 bits per heavy atom. The van der Waals surface area contributed by atoms with Gasteiger partial charge in [0.25, 0.3) is 0 Å². The van der Waals surface area contributed by atoms with Gasteiger partial charge in [0.1, 0.15) is 0 Å². The van der Waals surface area contributed by atoms with Crippen LogP contribution in [0.15, 0.2) is 48.5 Å². The fourth-order valence-electron chi connectivity index (χ4n) is 2.52. The lowest BCUT2D eigenvalue weighted by molar-refractivity contribution is -0.138. The Hall–Kier alpha value is -2.83. The van der Waals surface area contributed by atoms with Gasteiger partial charge in [-0.2, -0.15) is 13.2 Å². The molecule has 4 nitrogen and oxygen atoms in total. The van der Waals surface area contributed by atoms with Crippen molar-refractivity contribution in [3.63, 3.8) is 0 Å². The summed E-state index contributed by atoms with van der Waals surface area (Å²) in [7, 11) is 0. The average Bonchev–Trinajstić information content (AvgIpc) is 2.54. The zero-order valence-electron chi connectivity index (χ0n) is 14.0. The minimum Gasteiger partial charge on any atom is -0.481 e. The van der Waals surface area contributed by atoms with E-state index in [2.05, 4.69) is 5.32 Å². The highest BCUT2D eigenvalue weighted by Gasteiger charge is 2.30. The van der Waals surface area contributed by atoms with E-state index >= 15 is 0 Å². The molecule has 0 aliphatic heterocycles. The molecule has 0 aliphatic carbocycles. The molecule has 0 aliphatic rings. The molecule has 0 heterocycles. The molecule has 0 aromatic heterocycles. The molecule has 2 aromatic rings. The highest BCUT2D eigenvalue weighted by atomic mass is 19.4. The van der Waals surface area contributed by atoms with Crippen molar-refractivity contribution in [2.75, 3.05) is 5.32 Å². The first-order valence-corrected chi connectivity index (χ1v) is 7.93. The van der Waals surface area contributed by atoms with E-state index < -0.39 is 23.6 Å². The van der Waals surface area contributed by atoms with E-state index in [0.29, 0.717) is 16.8 Å². The van der Waals surface area contributed by atoms with Crippen molar-refractivity contribution in [1.29, 1.82) is 0 Å². The quantitative estimate of drug-likeness (QED) is 0.808. The summed E-state index contributed by atoms with van der Waals surface area (Å²) in [6, 6.07) is 11.3. The van der Waals surface area contributed by atoms with E-state index in [1.54, 1.807) is 37.3 Å². The summed E-state index contributed by atoms with van der Waals surface area (Å²) in [5.41, 5.74) is 0.663. The van der Waals surface area contributed by atoms with E-state index in [4.69, 9.17) is 5.11 Å². The second kappa shape index (κ2) is 8.03. The summed E-state index contributed by atoms with van der Waals surface area (Å²) >= 11 is 0. The number of aliphatic carboxylic acids is 1. The molecule has 0 saturated carbocycles. The summed E-state index contributed by atoms with van der Waals surface area (Å²) in [6.45, 7) is 1.62. The summed E-state index contributed by atoms with van der Waals surface area (Å²) in [4.78, 5) is 23.0. The number of hydrogen-bond acceptors (Lipinski definition) is 2.